The second-order valence-electron chi connectivity index (χ2n) is 5.17. The zero-order valence-corrected chi connectivity index (χ0v) is 15.1. The molecule has 0 saturated carbocycles. The number of amides is 1. The Balaban J connectivity index is 1.63. The van der Waals surface area contributed by atoms with Crippen molar-refractivity contribution in [3.05, 3.63) is 43.8 Å². The number of hydrogen-bond donors (Lipinski definition) is 1. The van der Waals surface area contributed by atoms with Crippen molar-refractivity contribution in [3.8, 4) is 6.07 Å². The molecule has 23 heavy (non-hydrogen) atoms. The number of nitrogens with one attached hydrogen (secondary N) is 1. The maximum Gasteiger partial charge on any atom is 0.271 e. The number of halogens is 2. The van der Waals surface area contributed by atoms with E-state index in [4.69, 9.17) is 16.9 Å². The Morgan fingerprint density at radius 3 is 3.04 bits per heavy atom. The van der Waals surface area contributed by atoms with Gasteiger partial charge in [-0.25, -0.2) is 4.98 Å². The number of benzene rings is 1. The molecule has 1 aromatic carbocycles. The highest BCUT2D eigenvalue weighted by Crippen LogP contribution is 2.26. The Morgan fingerprint density at radius 2 is 2.39 bits per heavy atom. The summed E-state index contributed by atoms with van der Waals surface area (Å²) in [5.74, 6) is -0.156. The fraction of sp³-hybridized carbons (Fsp3) is 0.267. The maximum atomic E-state index is 12.1. The third-order valence-electron chi connectivity index (χ3n) is 3.67. The summed E-state index contributed by atoms with van der Waals surface area (Å²) in [6.45, 7) is 1.53. The SMILES string of the molecule is N#Cc1ccc(N2CCC(NC(=O)c3csc(Br)n3)C2)cc1Cl. The zero-order valence-electron chi connectivity index (χ0n) is 11.9. The summed E-state index contributed by atoms with van der Waals surface area (Å²) in [7, 11) is 0. The van der Waals surface area contributed by atoms with Crippen molar-refractivity contribution in [2.24, 2.45) is 0 Å². The van der Waals surface area contributed by atoms with Gasteiger partial charge in [-0.3, -0.25) is 4.79 Å². The molecule has 0 aliphatic carbocycles. The van der Waals surface area contributed by atoms with Crippen LogP contribution < -0.4 is 10.2 Å². The van der Waals surface area contributed by atoms with Gasteiger partial charge in [-0.2, -0.15) is 5.26 Å². The fourth-order valence-corrected chi connectivity index (χ4v) is 3.73. The zero-order chi connectivity index (χ0) is 16.4. The number of hydrogen-bond acceptors (Lipinski definition) is 5. The number of thiazole rings is 1. The largest absolute Gasteiger partial charge is 0.369 e. The van der Waals surface area contributed by atoms with Crippen LogP contribution in [0.2, 0.25) is 5.02 Å². The molecule has 1 saturated heterocycles. The van der Waals surface area contributed by atoms with Gasteiger partial charge in [0.05, 0.1) is 10.6 Å². The topological polar surface area (TPSA) is 69.0 Å². The Morgan fingerprint density at radius 1 is 1.57 bits per heavy atom. The highest BCUT2D eigenvalue weighted by molar-refractivity contribution is 9.11. The molecule has 1 atom stereocenters. The second kappa shape index (κ2) is 6.87. The molecule has 0 radical (unpaired) electrons. The molecule has 0 spiro atoms. The molecule has 2 heterocycles. The van der Waals surface area contributed by atoms with E-state index in [1.54, 1.807) is 17.5 Å². The first kappa shape index (κ1) is 16.2. The Hall–Kier alpha value is -1.62. The van der Waals surface area contributed by atoms with Crippen molar-refractivity contribution < 1.29 is 4.79 Å². The summed E-state index contributed by atoms with van der Waals surface area (Å²) >= 11 is 10.7. The monoisotopic (exact) mass is 410 g/mol. The van der Waals surface area contributed by atoms with E-state index in [9.17, 15) is 4.79 Å². The van der Waals surface area contributed by atoms with Gasteiger partial charge in [-0.1, -0.05) is 11.6 Å². The lowest BCUT2D eigenvalue weighted by atomic mass is 10.2. The summed E-state index contributed by atoms with van der Waals surface area (Å²) in [6, 6.07) is 7.51. The summed E-state index contributed by atoms with van der Waals surface area (Å²) in [5, 5.41) is 14.1. The molecule has 1 aliphatic rings. The van der Waals surface area contributed by atoms with Gasteiger partial charge < -0.3 is 10.2 Å². The summed E-state index contributed by atoms with van der Waals surface area (Å²) in [5.41, 5.74) is 1.86. The van der Waals surface area contributed by atoms with Crippen LogP contribution in [-0.2, 0) is 0 Å². The Bertz CT molecular complexity index is 788. The van der Waals surface area contributed by atoms with E-state index in [1.807, 2.05) is 6.07 Å². The van der Waals surface area contributed by atoms with E-state index in [0.717, 1.165) is 18.7 Å². The quantitative estimate of drug-likeness (QED) is 0.840. The number of carbonyl (C=O) groups is 1. The third kappa shape index (κ3) is 3.66. The standard InChI is InChI=1S/C15H12BrClN4OS/c16-15-20-13(8-23-15)14(22)19-10-3-4-21(7-10)11-2-1-9(6-18)12(17)5-11/h1-2,5,8,10H,3-4,7H2,(H,19,22). The van der Waals surface area contributed by atoms with Crippen LogP contribution >= 0.6 is 38.9 Å². The molecule has 2 aromatic rings. The van der Waals surface area contributed by atoms with E-state index in [2.05, 4.69) is 37.2 Å². The van der Waals surface area contributed by atoms with Crippen LogP contribution in [0.3, 0.4) is 0 Å². The van der Waals surface area contributed by atoms with E-state index in [1.165, 1.54) is 11.3 Å². The van der Waals surface area contributed by atoms with E-state index in [-0.39, 0.29) is 11.9 Å². The van der Waals surface area contributed by atoms with Gasteiger partial charge in [0.25, 0.3) is 5.91 Å². The average molecular weight is 412 g/mol. The lowest BCUT2D eigenvalue weighted by molar-refractivity contribution is 0.0936. The molecule has 1 amide bonds. The minimum Gasteiger partial charge on any atom is -0.369 e. The van der Waals surface area contributed by atoms with Crippen LogP contribution in [-0.4, -0.2) is 30.0 Å². The molecule has 1 fully saturated rings. The Labute approximate surface area is 151 Å². The van der Waals surface area contributed by atoms with Crippen LogP contribution in [0.5, 0.6) is 0 Å². The summed E-state index contributed by atoms with van der Waals surface area (Å²) in [4.78, 5) is 18.4. The van der Waals surface area contributed by atoms with Crippen LogP contribution in [0, 0.1) is 11.3 Å². The molecule has 0 bridgehead atoms. The minimum atomic E-state index is -0.156. The van der Waals surface area contributed by atoms with E-state index >= 15 is 0 Å². The molecule has 1 unspecified atom stereocenters. The lowest BCUT2D eigenvalue weighted by Gasteiger charge is -2.19. The number of anilines is 1. The van der Waals surface area contributed by atoms with Gasteiger partial charge in [0, 0.05) is 30.2 Å². The van der Waals surface area contributed by atoms with Crippen LogP contribution in [0.15, 0.2) is 27.5 Å². The van der Waals surface area contributed by atoms with E-state index < -0.39 is 0 Å². The van der Waals surface area contributed by atoms with Crippen molar-refractivity contribution in [3.63, 3.8) is 0 Å². The minimum absolute atomic E-state index is 0.0670. The van der Waals surface area contributed by atoms with Crippen LogP contribution in [0.25, 0.3) is 0 Å². The molecule has 1 N–H and O–H groups in total. The molecule has 8 heteroatoms. The van der Waals surface area contributed by atoms with Crippen LogP contribution in [0.4, 0.5) is 5.69 Å². The molecule has 3 rings (SSSR count). The van der Waals surface area contributed by atoms with Crippen molar-refractivity contribution in [2.75, 3.05) is 18.0 Å². The molecule has 1 aromatic heterocycles. The van der Waals surface area contributed by atoms with Gasteiger partial charge in [0.15, 0.2) is 3.92 Å². The first-order chi connectivity index (χ1) is 11.1. The molecule has 1 aliphatic heterocycles. The smallest absolute Gasteiger partial charge is 0.271 e. The number of nitrogens with zero attached hydrogens (tertiary/aromatic N) is 3. The number of rotatable bonds is 3. The molecular weight excluding hydrogens is 400 g/mol. The summed E-state index contributed by atoms with van der Waals surface area (Å²) < 4.78 is 0.697. The fourth-order valence-electron chi connectivity index (χ4n) is 2.52. The molecule has 5 nitrogen and oxygen atoms in total. The highest BCUT2D eigenvalue weighted by atomic mass is 79.9. The second-order valence-corrected chi connectivity index (χ2v) is 7.71. The van der Waals surface area contributed by atoms with Crippen molar-refractivity contribution >= 4 is 50.5 Å². The normalized spacial score (nSPS) is 17.1. The average Bonchev–Trinajstić information content (AvgIpc) is 3.16. The number of nitriles is 1. The van der Waals surface area contributed by atoms with E-state index in [0.29, 0.717) is 26.7 Å². The van der Waals surface area contributed by atoms with Gasteiger partial charge in [-0.05, 0) is 40.5 Å². The first-order valence-corrected chi connectivity index (χ1v) is 8.98. The lowest BCUT2D eigenvalue weighted by Crippen LogP contribution is -2.37. The van der Waals surface area contributed by atoms with Crippen molar-refractivity contribution in [1.82, 2.24) is 10.3 Å². The van der Waals surface area contributed by atoms with Crippen molar-refractivity contribution in [2.45, 2.75) is 12.5 Å². The Kier molecular flexibility index (Phi) is 4.85. The van der Waals surface area contributed by atoms with Gasteiger partial charge in [0.1, 0.15) is 11.8 Å². The predicted molar refractivity (Wildman–Crippen MR) is 94.1 cm³/mol. The molecular formula is C15H12BrClN4OS. The maximum absolute atomic E-state index is 12.1. The van der Waals surface area contributed by atoms with Gasteiger partial charge in [-0.15, -0.1) is 11.3 Å². The third-order valence-corrected chi connectivity index (χ3v) is 5.35. The van der Waals surface area contributed by atoms with Crippen LogP contribution in [0.1, 0.15) is 22.5 Å². The predicted octanol–water partition coefficient (Wildman–Crippen LogP) is 3.44. The first-order valence-electron chi connectivity index (χ1n) is 6.93. The van der Waals surface area contributed by atoms with Gasteiger partial charge in [0.2, 0.25) is 0 Å². The number of carbonyl (C=O) groups excluding carboxylic acids is 1. The summed E-state index contributed by atoms with van der Waals surface area (Å²) in [6.07, 6.45) is 0.856. The number of aromatic nitrogens is 1. The van der Waals surface area contributed by atoms with Gasteiger partial charge >= 0.3 is 0 Å². The highest BCUT2D eigenvalue weighted by Gasteiger charge is 2.25. The van der Waals surface area contributed by atoms with Crippen molar-refractivity contribution in [1.29, 1.82) is 5.26 Å². The molecule has 118 valence electrons.